The summed E-state index contributed by atoms with van der Waals surface area (Å²) in [4.78, 5) is 0. The van der Waals surface area contributed by atoms with E-state index < -0.39 is 5.60 Å². The van der Waals surface area contributed by atoms with Crippen molar-refractivity contribution >= 4 is 22.5 Å². The highest BCUT2D eigenvalue weighted by atomic mass is 16.5. The van der Waals surface area contributed by atoms with Crippen LogP contribution >= 0.6 is 0 Å². The Balaban J connectivity index is 1.57. The lowest BCUT2D eigenvalue weighted by Gasteiger charge is -2.36. The van der Waals surface area contributed by atoms with Gasteiger partial charge in [0.15, 0.2) is 5.60 Å². The van der Waals surface area contributed by atoms with Crippen LogP contribution in [0.2, 0.25) is 0 Å². The van der Waals surface area contributed by atoms with E-state index in [1.54, 1.807) is 0 Å². The van der Waals surface area contributed by atoms with Gasteiger partial charge < -0.3 is 10.1 Å². The second kappa shape index (κ2) is 6.25. The Hall–Kier alpha value is -3.52. The SMILES string of the molecule is C1=CC(c2ccccc2)(c2ccc3c(c2)CCN3)Oc2ccc3ccccc3c21. The summed E-state index contributed by atoms with van der Waals surface area (Å²) in [5.74, 6) is 0.925. The molecule has 1 unspecified atom stereocenters. The van der Waals surface area contributed by atoms with Crippen molar-refractivity contribution in [3.8, 4) is 5.75 Å². The van der Waals surface area contributed by atoms with Gasteiger partial charge in [-0.3, -0.25) is 0 Å². The van der Waals surface area contributed by atoms with Gasteiger partial charge in [-0.2, -0.15) is 0 Å². The molecule has 0 amide bonds. The molecule has 29 heavy (non-hydrogen) atoms. The summed E-state index contributed by atoms with van der Waals surface area (Å²) in [6.07, 6.45) is 5.51. The molecule has 0 spiro atoms. The van der Waals surface area contributed by atoms with E-state index in [0.717, 1.165) is 29.8 Å². The average Bonchev–Trinajstić information content (AvgIpc) is 3.27. The predicted octanol–water partition coefficient (Wildman–Crippen LogP) is 6.16. The van der Waals surface area contributed by atoms with E-state index in [2.05, 4.69) is 102 Å². The Bertz CT molecular complexity index is 1260. The molecule has 0 aromatic heterocycles. The fourth-order valence-corrected chi connectivity index (χ4v) is 4.64. The lowest BCUT2D eigenvalue weighted by atomic mass is 9.82. The normalized spacial score (nSPS) is 19.3. The molecule has 0 aliphatic carbocycles. The first-order chi connectivity index (χ1) is 14.3. The molecule has 0 saturated heterocycles. The minimum absolute atomic E-state index is 0.631. The van der Waals surface area contributed by atoms with Crippen molar-refractivity contribution in [3.63, 3.8) is 0 Å². The highest BCUT2D eigenvalue weighted by Gasteiger charge is 2.37. The molecule has 0 radical (unpaired) electrons. The number of hydrogen-bond acceptors (Lipinski definition) is 2. The lowest BCUT2D eigenvalue weighted by molar-refractivity contribution is 0.161. The van der Waals surface area contributed by atoms with Gasteiger partial charge in [-0.1, -0.05) is 66.7 Å². The van der Waals surface area contributed by atoms with Crippen LogP contribution in [0.4, 0.5) is 5.69 Å². The summed E-state index contributed by atoms with van der Waals surface area (Å²) in [5, 5.41) is 5.91. The Morgan fingerprint density at radius 2 is 1.66 bits per heavy atom. The van der Waals surface area contributed by atoms with E-state index in [-0.39, 0.29) is 0 Å². The zero-order valence-corrected chi connectivity index (χ0v) is 16.1. The van der Waals surface area contributed by atoms with Gasteiger partial charge in [0, 0.05) is 28.9 Å². The number of hydrogen-bond donors (Lipinski definition) is 1. The van der Waals surface area contributed by atoms with Crippen molar-refractivity contribution in [2.24, 2.45) is 0 Å². The minimum Gasteiger partial charge on any atom is -0.473 e. The summed E-state index contributed by atoms with van der Waals surface area (Å²) in [7, 11) is 0. The van der Waals surface area contributed by atoms with Gasteiger partial charge in [0.1, 0.15) is 5.75 Å². The molecule has 140 valence electrons. The molecular formula is C27H21NO. The first-order valence-corrected chi connectivity index (χ1v) is 10.2. The van der Waals surface area contributed by atoms with E-state index in [1.165, 1.54) is 27.6 Å². The molecule has 2 aliphatic heterocycles. The Morgan fingerprint density at radius 3 is 2.59 bits per heavy atom. The molecule has 2 nitrogen and oxygen atoms in total. The summed E-state index contributed by atoms with van der Waals surface area (Å²) >= 11 is 0. The number of rotatable bonds is 2. The summed E-state index contributed by atoms with van der Waals surface area (Å²) < 4.78 is 6.85. The maximum atomic E-state index is 6.85. The third-order valence-electron chi connectivity index (χ3n) is 6.13. The lowest BCUT2D eigenvalue weighted by Crippen LogP contribution is -2.34. The van der Waals surface area contributed by atoms with Crippen LogP contribution in [0.5, 0.6) is 5.75 Å². The first kappa shape index (κ1) is 16.4. The van der Waals surface area contributed by atoms with E-state index in [0.29, 0.717) is 0 Å². The fraction of sp³-hybridized carbons (Fsp3) is 0.111. The smallest absolute Gasteiger partial charge is 0.178 e. The maximum Gasteiger partial charge on any atom is 0.178 e. The second-order valence-corrected chi connectivity index (χ2v) is 7.78. The molecule has 0 bridgehead atoms. The van der Waals surface area contributed by atoms with E-state index >= 15 is 0 Å². The highest BCUT2D eigenvalue weighted by Crippen LogP contribution is 2.44. The predicted molar refractivity (Wildman–Crippen MR) is 119 cm³/mol. The van der Waals surface area contributed by atoms with Gasteiger partial charge >= 0.3 is 0 Å². The fourth-order valence-electron chi connectivity index (χ4n) is 4.64. The molecule has 4 aromatic rings. The van der Waals surface area contributed by atoms with Gasteiger partial charge in [0.05, 0.1) is 0 Å². The highest BCUT2D eigenvalue weighted by molar-refractivity contribution is 5.94. The zero-order valence-electron chi connectivity index (χ0n) is 16.1. The summed E-state index contributed by atoms with van der Waals surface area (Å²) in [6, 6.07) is 29.9. The van der Waals surface area contributed by atoms with Crippen molar-refractivity contribution in [2.75, 3.05) is 11.9 Å². The van der Waals surface area contributed by atoms with Crippen molar-refractivity contribution in [2.45, 2.75) is 12.0 Å². The third-order valence-corrected chi connectivity index (χ3v) is 6.13. The molecule has 4 aromatic carbocycles. The van der Waals surface area contributed by atoms with Gasteiger partial charge in [-0.05, 0) is 53.1 Å². The van der Waals surface area contributed by atoms with Gasteiger partial charge in [-0.15, -0.1) is 0 Å². The Kier molecular flexibility index (Phi) is 3.54. The van der Waals surface area contributed by atoms with Crippen molar-refractivity contribution in [1.82, 2.24) is 0 Å². The van der Waals surface area contributed by atoms with E-state index in [9.17, 15) is 0 Å². The number of nitrogens with one attached hydrogen (secondary N) is 1. The number of anilines is 1. The number of fused-ring (bicyclic) bond motifs is 4. The van der Waals surface area contributed by atoms with Crippen molar-refractivity contribution < 1.29 is 4.74 Å². The Morgan fingerprint density at radius 1 is 0.793 bits per heavy atom. The summed E-state index contributed by atoms with van der Waals surface area (Å²) in [5.41, 5.74) is 5.43. The summed E-state index contributed by atoms with van der Waals surface area (Å²) in [6.45, 7) is 1.00. The first-order valence-electron chi connectivity index (χ1n) is 10.2. The van der Waals surface area contributed by atoms with Crippen molar-refractivity contribution in [3.05, 3.63) is 113 Å². The van der Waals surface area contributed by atoms with Crippen LogP contribution in [0, 0.1) is 0 Å². The van der Waals surface area contributed by atoms with Crippen LogP contribution in [-0.4, -0.2) is 6.54 Å². The van der Waals surface area contributed by atoms with Crippen LogP contribution in [0.15, 0.2) is 91.0 Å². The molecule has 2 heterocycles. The average molecular weight is 375 g/mol. The molecule has 0 saturated carbocycles. The third kappa shape index (κ3) is 2.49. The molecule has 2 heteroatoms. The molecule has 1 N–H and O–H groups in total. The zero-order chi connectivity index (χ0) is 19.3. The molecule has 1 atom stereocenters. The molecular weight excluding hydrogens is 354 g/mol. The van der Waals surface area contributed by atoms with Crippen LogP contribution < -0.4 is 10.1 Å². The second-order valence-electron chi connectivity index (χ2n) is 7.78. The van der Waals surface area contributed by atoms with Gasteiger partial charge in [0.25, 0.3) is 0 Å². The quantitative estimate of drug-likeness (QED) is 0.453. The topological polar surface area (TPSA) is 21.3 Å². The van der Waals surface area contributed by atoms with Crippen LogP contribution in [-0.2, 0) is 12.0 Å². The number of benzene rings is 4. The monoisotopic (exact) mass is 375 g/mol. The van der Waals surface area contributed by atoms with Gasteiger partial charge in [0.2, 0.25) is 0 Å². The maximum absolute atomic E-state index is 6.85. The Labute approximate surface area is 170 Å². The van der Waals surface area contributed by atoms with Gasteiger partial charge in [-0.25, -0.2) is 0 Å². The molecule has 6 rings (SSSR count). The minimum atomic E-state index is -0.631. The molecule has 0 fully saturated rings. The van der Waals surface area contributed by atoms with E-state index in [1.807, 2.05) is 0 Å². The number of ether oxygens (including phenoxy) is 1. The van der Waals surface area contributed by atoms with E-state index in [4.69, 9.17) is 4.74 Å². The molecule has 2 aliphatic rings. The van der Waals surface area contributed by atoms with Crippen LogP contribution in [0.1, 0.15) is 22.3 Å². The van der Waals surface area contributed by atoms with Crippen LogP contribution in [0.3, 0.4) is 0 Å². The van der Waals surface area contributed by atoms with Crippen LogP contribution in [0.25, 0.3) is 16.8 Å². The standard InChI is InChI=1S/C27H21NO/c1-2-7-21(8-3-1)27(22-11-12-25-20(18-22)15-17-28-25)16-14-24-23-9-5-4-6-19(23)10-13-26(24)29-27/h1-14,16,18,28H,15,17H2. The largest absolute Gasteiger partial charge is 0.473 e. The van der Waals surface area contributed by atoms with Crippen molar-refractivity contribution in [1.29, 1.82) is 0 Å².